The lowest BCUT2D eigenvalue weighted by molar-refractivity contribution is 0.0926. The van der Waals surface area contributed by atoms with Crippen LogP contribution in [0, 0.1) is 12.3 Å². The van der Waals surface area contributed by atoms with Crippen LogP contribution in [0.25, 0.3) is 0 Å². The number of aliphatic hydroxyl groups is 1. The number of carbonyl (C=O) groups is 1. The number of rotatable bonds is 6. The molecule has 2 aromatic heterocycles. The van der Waals surface area contributed by atoms with Crippen molar-refractivity contribution in [1.29, 1.82) is 0 Å². The van der Waals surface area contributed by atoms with Gasteiger partial charge in [-0.05, 0) is 25.3 Å². The monoisotopic (exact) mass is 290 g/mol. The summed E-state index contributed by atoms with van der Waals surface area (Å²) in [7, 11) is 0. The van der Waals surface area contributed by atoms with Gasteiger partial charge in [-0.1, -0.05) is 5.16 Å². The topological polar surface area (TPSA) is 93.2 Å². The number of nitrogens with zero attached hydrogens (tertiary/aromatic N) is 3. The lowest BCUT2D eigenvalue weighted by Crippen LogP contribution is -2.32. The van der Waals surface area contributed by atoms with Gasteiger partial charge in [0, 0.05) is 24.2 Å². The van der Waals surface area contributed by atoms with Crippen molar-refractivity contribution < 1.29 is 14.4 Å². The highest BCUT2D eigenvalue weighted by atomic mass is 16.5. The summed E-state index contributed by atoms with van der Waals surface area (Å²) in [6.07, 6.45) is 5.55. The van der Waals surface area contributed by atoms with Crippen molar-refractivity contribution in [1.82, 2.24) is 20.3 Å². The van der Waals surface area contributed by atoms with Crippen molar-refractivity contribution in [2.24, 2.45) is 5.41 Å². The number of carbonyl (C=O) groups excluding carboxylic acids is 1. The molecule has 0 radical (unpaired) electrons. The molecule has 21 heavy (non-hydrogen) atoms. The maximum atomic E-state index is 12.0. The Kier molecular flexibility index (Phi) is 3.50. The second-order valence-electron chi connectivity index (χ2n) is 5.73. The Balaban J connectivity index is 1.57. The minimum atomic E-state index is -0.277. The van der Waals surface area contributed by atoms with Crippen molar-refractivity contribution in [2.75, 3.05) is 13.2 Å². The molecule has 0 atom stereocenters. The van der Waals surface area contributed by atoms with Crippen LogP contribution in [0.1, 0.15) is 34.7 Å². The van der Waals surface area contributed by atoms with Gasteiger partial charge in [-0.2, -0.15) is 5.10 Å². The molecule has 1 saturated carbocycles. The van der Waals surface area contributed by atoms with Crippen LogP contribution in [0.3, 0.4) is 0 Å². The highest BCUT2D eigenvalue weighted by Gasteiger charge is 2.42. The molecule has 7 heteroatoms. The summed E-state index contributed by atoms with van der Waals surface area (Å²) < 4.78 is 6.88. The molecular weight excluding hydrogens is 272 g/mol. The van der Waals surface area contributed by atoms with Crippen molar-refractivity contribution in [3.63, 3.8) is 0 Å². The molecule has 1 aliphatic rings. The molecule has 1 amide bonds. The van der Waals surface area contributed by atoms with Gasteiger partial charge in [0.15, 0.2) is 11.5 Å². The molecule has 0 bridgehead atoms. The van der Waals surface area contributed by atoms with E-state index in [-0.39, 0.29) is 23.6 Å². The molecular formula is C14H18N4O3. The van der Waals surface area contributed by atoms with Gasteiger partial charge in [0.1, 0.15) is 6.54 Å². The quantitative estimate of drug-likeness (QED) is 0.818. The molecule has 0 aliphatic heterocycles. The van der Waals surface area contributed by atoms with Gasteiger partial charge < -0.3 is 14.9 Å². The maximum absolute atomic E-state index is 12.0. The van der Waals surface area contributed by atoms with E-state index in [4.69, 9.17) is 4.52 Å². The first-order valence-electron chi connectivity index (χ1n) is 6.94. The Bertz CT molecular complexity index is 642. The predicted octanol–water partition coefficient (Wildman–Crippen LogP) is 0.730. The van der Waals surface area contributed by atoms with Crippen LogP contribution in [0.15, 0.2) is 23.0 Å². The lowest BCUT2D eigenvalue weighted by Gasteiger charge is -2.11. The summed E-state index contributed by atoms with van der Waals surface area (Å²) in [4.78, 5) is 12.0. The van der Waals surface area contributed by atoms with E-state index in [1.54, 1.807) is 16.9 Å². The van der Waals surface area contributed by atoms with Gasteiger partial charge in [0.25, 0.3) is 5.91 Å². The molecule has 1 fully saturated rings. The second kappa shape index (κ2) is 5.33. The lowest BCUT2D eigenvalue weighted by atomic mass is 10.1. The molecule has 1 aliphatic carbocycles. The van der Waals surface area contributed by atoms with Crippen molar-refractivity contribution >= 4 is 5.91 Å². The average Bonchev–Trinajstić information content (AvgIpc) is 2.92. The van der Waals surface area contributed by atoms with E-state index in [0.29, 0.717) is 18.8 Å². The molecule has 2 N–H and O–H groups in total. The zero-order chi connectivity index (χ0) is 14.9. The van der Waals surface area contributed by atoms with E-state index in [0.717, 1.165) is 18.4 Å². The van der Waals surface area contributed by atoms with Crippen molar-refractivity contribution in [3.05, 3.63) is 35.5 Å². The number of hydrogen-bond acceptors (Lipinski definition) is 5. The predicted molar refractivity (Wildman–Crippen MR) is 73.7 cm³/mol. The number of nitrogens with one attached hydrogen (secondary N) is 1. The van der Waals surface area contributed by atoms with Crippen LogP contribution in [-0.2, 0) is 6.54 Å². The zero-order valence-electron chi connectivity index (χ0n) is 11.9. The van der Waals surface area contributed by atoms with Crippen LogP contribution in [0.5, 0.6) is 0 Å². The van der Waals surface area contributed by atoms with E-state index in [1.165, 1.54) is 0 Å². The zero-order valence-corrected chi connectivity index (χ0v) is 11.9. The fraction of sp³-hybridized carbons (Fsp3) is 0.500. The summed E-state index contributed by atoms with van der Waals surface area (Å²) in [6, 6.07) is 1.62. The first kappa shape index (κ1) is 13.8. The maximum Gasteiger partial charge on any atom is 0.273 e. The van der Waals surface area contributed by atoms with Gasteiger partial charge in [-0.3, -0.25) is 9.48 Å². The molecule has 2 heterocycles. The third-order valence-corrected chi connectivity index (χ3v) is 3.79. The Morgan fingerprint density at radius 3 is 3.00 bits per heavy atom. The van der Waals surface area contributed by atoms with Gasteiger partial charge in [-0.25, -0.2) is 0 Å². The number of hydrogen-bond donors (Lipinski definition) is 2. The minimum Gasteiger partial charge on any atom is -0.396 e. The Morgan fingerprint density at radius 1 is 1.57 bits per heavy atom. The average molecular weight is 290 g/mol. The molecule has 112 valence electrons. The first-order valence-corrected chi connectivity index (χ1v) is 6.94. The number of amides is 1. The van der Waals surface area contributed by atoms with Crippen LogP contribution < -0.4 is 5.32 Å². The third kappa shape index (κ3) is 3.13. The molecule has 2 aromatic rings. The Labute approximate surface area is 121 Å². The number of aromatic nitrogens is 3. The Morgan fingerprint density at radius 2 is 2.38 bits per heavy atom. The van der Waals surface area contributed by atoms with E-state index in [9.17, 15) is 9.90 Å². The Hall–Kier alpha value is -2.15. The highest BCUT2D eigenvalue weighted by molar-refractivity contribution is 5.92. The normalized spacial score (nSPS) is 15.9. The smallest absolute Gasteiger partial charge is 0.273 e. The van der Waals surface area contributed by atoms with Crippen molar-refractivity contribution in [2.45, 2.75) is 26.3 Å². The van der Waals surface area contributed by atoms with E-state index < -0.39 is 0 Å². The van der Waals surface area contributed by atoms with Crippen LogP contribution in [-0.4, -0.2) is 39.1 Å². The van der Waals surface area contributed by atoms with E-state index in [1.807, 2.05) is 13.1 Å². The summed E-state index contributed by atoms with van der Waals surface area (Å²) in [5, 5.41) is 19.9. The standard InChI is InChI=1S/C14H18N4O3/c1-10-5-16-18(6-10)7-11-4-12(17-21-11)13(20)15-8-14(9-19)2-3-14/h4-6,19H,2-3,7-9H2,1H3,(H,15,20). The SMILES string of the molecule is Cc1cnn(Cc2cc(C(=O)NCC3(CO)CC3)no2)c1. The number of aryl methyl sites for hydroxylation is 1. The molecule has 3 rings (SSSR count). The highest BCUT2D eigenvalue weighted by Crippen LogP contribution is 2.44. The fourth-order valence-corrected chi connectivity index (χ4v) is 2.13. The van der Waals surface area contributed by atoms with E-state index in [2.05, 4.69) is 15.6 Å². The molecule has 7 nitrogen and oxygen atoms in total. The van der Waals surface area contributed by atoms with Gasteiger partial charge in [0.05, 0.1) is 12.8 Å². The summed E-state index contributed by atoms with van der Waals surface area (Å²) >= 11 is 0. The summed E-state index contributed by atoms with van der Waals surface area (Å²) in [5.74, 6) is 0.299. The van der Waals surface area contributed by atoms with Gasteiger partial charge in [0.2, 0.25) is 0 Å². The van der Waals surface area contributed by atoms with Crippen LogP contribution in [0.2, 0.25) is 0 Å². The molecule has 0 aromatic carbocycles. The van der Waals surface area contributed by atoms with Crippen molar-refractivity contribution in [3.8, 4) is 0 Å². The van der Waals surface area contributed by atoms with E-state index >= 15 is 0 Å². The molecule has 0 unspecified atom stereocenters. The fourth-order valence-electron chi connectivity index (χ4n) is 2.13. The molecule has 0 saturated heterocycles. The summed E-state index contributed by atoms with van der Waals surface area (Å²) in [6.45, 7) is 2.98. The number of aliphatic hydroxyl groups excluding tert-OH is 1. The largest absolute Gasteiger partial charge is 0.396 e. The first-order chi connectivity index (χ1) is 10.1. The summed E-state index contributed by atoms with van der Waals surface area (Å²) in [5.41, 5.74) is 1.20. The van der Waals surface area contributed by atoms with Crippen LogP contribution in [0.4, 0.5) is 0 Å². The minimum absolute atomic E-state index is 0.107. The van der Waals surface area contributed by atoms with Gasteiger partial charge in [-0.15, -0.1) is 0 Å². The van der Waals surface area contributed by atoms with Crippen LogP contribution >= 0.6 is 0 Å². The van der Waals surface area contributed by atoms with Gasteiger partial charge >= 0.3 is 0 Å². The molecule has 0 spiro atoms. The third-order valence-electron chi connectivity index (χ3n) is 3.79. The second-order valence-corrected chi connectivity index (χ2v) is 5.73.